The van der Waals surface area contributed by atoms with E-state index in [0.29, 0.717) is 17.5 Å². The summed E-state index contributed by atoms with van der Waals surface area (Å²) < 4.78 is 26.8. The van der Waals surface area contributed by atoms with Crippen LogP contribution in [0.5, 0.6) is 0 Å². The Hall–Kier alpha value is -2.65. The lowest BCUT2D eigenvalue weighted by atomic mass is 9.89. The zero-order valence-corrected chi connectivity index (χ0v) is 19.7. The minimum absolute atomic E-state index is 0.0719. The minimum atomic E-state index is -3.08. The second-order valence-corrected chi connectivity index (χ2v) is 9.28. The molecule has 1 aromatic heterocycles. The van der Waals surface area contributed by atoms with Gasteiger partial charge in [0.15, 0.2) is 0 Å². The molecular formula is C22H22Cl2F2N4O3. The Bertz CT molecular complexity index is 1080. The van der Waals surface area contributed by atoms with Crippen molar-refractivity contribution < 1.29 is 23.2 Å². The van der Waals surface area contributed by atoms with Crippen LogP contribution in [-0.2, 0) is 32.3 Å². The average Bonchev–Trinajstić information content (AvgIpc) is 2.72. The van der Waals surface area contributed by atoms with Gasteiger partial charge in [0, 0.05) is 47.9 Å². The highest BCUT2D eigenvalue weighted by Crippen LogP contribution is 2.37. The number of alkyl halides is 2. The van der Waals surface area contributed by atoms with E-state index in [2.05, 4.69) is 20.6 Å². The van der Waals surface area contributed by atoms with Gasteiger partial charge in [-0.15, -0.1) is 0 Å². The summed E-state index contributed by atoms with van der Waals surface area (Å²) in [5, 5.41) is 5.52. The van der Waals surface area contributed by atoms with Crippen LogP contribution < -0.4 is 10.6 Å². The fourth-order valence-electron chi connectivity index (χ4n) is 3.42. The Morgan fingerprint density at radius 3 is 2.24 bits per heavy atom. The zero-order chi connectivity index (χ0) is 24.6. The fraction of sp³-hybridized carbons (Fsp3) is 0.409. The molecule has 1 aliphatic rings. The van der Waals surface area contributed by atoms with Crippen LogP contribution in [0.3, 0.4) is 0 Å². The summed E-state index contributed by atoms with van der Waals surface area (Å²) in [4.78, 5) is 44.2. The smallest absolute Gasteiger partial charge is 0.273 e. The normalized spacial score (nSPS) is 17.0. The van der Waals surface area contributed by atoms with E-state index in [-0.39, 0.29) is 40.3 Å². The summed E-state index contributed by atoms with van der Waals surface area (Å²) in [6.45, 7) is 3.97. The average molecular weight is 499 g/mol. The molecule has 2 N–H and O–H groups in total. The molecule has 3 rings (SSSR count). The maximum atomic E-state index is 13.4. The molecule has 33 heavy (non-hydrogen) atoms. The van der Waals surface area contributed by atoms with E-state index in [1.807, 2.05) is 0 Å². The number of piperidine rings is 1. The molecule has 2 aromatic rings. The number of carbonyl (C=O) groups is 3. The quantitative estimate of drug-likeness (QED) is 0.585. The van der Waals surface area contributed by atoms with Gasteiger partial charge >= 0.3 is 0 Å². The van der Waals surface area contributed by atoms with Gasteiger partial charge < -0.3 is 5.32 Å². The Morgan fingerprint density at radius 2 is 1.73 bits per heavy atom. The van der Waals surface area contributed by atoms with Gasteiger partial charge in [-0.05, 0) is 38.0 Å². The fourth-order valence-corrected chi connectivity index (χ4v) is 4.22. The van der Waals surface area contributed by atoms with Crippen molar-refractivity contribution in [2.45, 2.75) is 57.4 Å². The van der Waals surface area contributed by atoms with E-state index >= 15 is 0 Å². The predicted octanol–water partition coefficient (Wildman–Crippen LogP) is 4.01. The van der Waals surface area contributed by atoms with Crippen molar-refractivity contribution in [3.8, 4) is 0 Å². The Kier molecular flexibility index (Phi) is 7.04. The highest BCUT2D eigenvalue weighted by atomic mass is 35.5. The minimum Gasteiger partial charge on any atom is -0.351 e. The lowest BCUT2D eigenvalue weighted by molar-refractivity contribution is -0.134. The third kappa shape index (κ3) is 5.47. The molecule has 1 atom stereocenters. The topological polar surface area (TPSA) is 101 Å². The standard InChI is InChI=1S/C22H22Cl2F2N4O3/c1-21(2,19-27-9-12(10-28-19)22(3,25)26)20(33)29-8-11-6-14(23)17(15(24)7-11)13-4-5-16(31)30-18(13)32/h6-7,9-10,13H,4-5,8H2,1-3H3,(H,29,33)(H,30,31,32). The number of benzene rings is 1. The van der Waals surface area contributed by atoms with Crippen LogP contribution in [0.1, 0.15) is 62.0 Å². The number of imide groups is 1. The maximum Gasteiger partial charge on any atom is 0.273 e. The molecule has 11 heteroatoms. The van der Waals surface area contributed by atoms with E-state index in [1.165, 1.54) is 0 Å². The first-order valence-corrected chi connectivity index (χ1v) is 10.9. The van der Waals surface area contributed by atoms with Crippen LogP contribution in [0, 0.1) is 0 Å². The van der Waals surface area contributed by atoms with Gasteiger partial charge in [0.2, 0.25) is 17.7 Å². The number of hydrogen-bond acceptors (Lipinski definition) is 5. The molecule has 0 bridgehead atoms. The molecule has 7 nitrogen and oxygen atoms in total. The van der Waals surface area contributed by atoms with Crippen LogP contribution in [0.2, 0.25) is 10.0 Å². The van der Waals surface area contributed by atoms with E-state index < -0.39 is 29.1 Å². The molecule has 0 saturated carbocycles. The largest absolute Gasteiger partial charge is 0.351 e. The maximum absolute atomic E-state index is 13.4. The van der Waals surface area contributed by atoms with Crippen LogP contribution >= 0.6 is 23.2 Å². The van der Waals surface area contributed by atoms with Crippen molar-refractivity contribution in [2.75, 3.05) is 0 Å². The molecule has 3 amide bonds. The van der Waals surface area contributed by atoms with Crippen molar-refractivity contribution in [1.82, 2.24) is 20.6 Å². The third-order valence-electron chi connectivity index (χ3n) is 5.46. The van der Waals surface area contributed by atoms with Gasteiger partial charge in [-0.3, -0.25) is 19.7 Å². The zero-order valence-electron chi connectivity index (χ0n) is 18.1. The van der Waals surface area contributed by atoms with Crippen LogP contribution in [0.4, 0.5) is 8.78 Å². The van der Waals surface area contributed by atoms with Crippen molar-refractivity contribution in [3.05, 3.63) is 57.1 Å². The third-order valence-corrected chi connectivity index (χ3v) is 6.09. The highest BCUT2D eigenvalue weighted by molar-refractivity contribution is 6.36. The number of nitrogens with one attached hydrogen (secondary N) is 2. The van der Waals surface area contributed by atoms with Crippen LogP contribution in [0.15, 0.2) is 24.5 Å². The van der Waals surface area contributed by atoms with Crippen molar-refractivity contribution in [2.24, 2.45) is 0 Å². The van der Waals surface area contributed by atoms with E-state index in [0.717, 1.165) is 19.3 Å². The lowest BCUT2D eigenvalue weighted by Crippen LogP contribution is -2.41. The highest BCUT2D eigenvalue weighted by Gasteiger charge is 2.35. The molecule has 0 spiro atoms. The summed E-state index contributed by atoms with van der Waals surface area (Å²) in [6, 6.07) is 3.18. The summed E-state index contributed by atoms with van der Waals surface area (Å²) in [5.41, 5.74) is -0.517. The first kappa shape index (κ1) is 25.0. The molecule has 0 radical (unpaired) electrons. The van der Waals surface area contributed by atoms with E-state index in [9.17, 15) is 23.2 Å². The Balaban J connectivity index is 1.72. The summed E-state index contributed by atoms with van der Waals surface area (Å²) in [7, 11) is 0. The number of hydrogen-bond donors (Lipinski definition) is 2. The van der Waals surface area contributed by atoms with Crippen molar-refractivity contribution in [3.63, 3.8) is 0 Å². The molecule has 1 saturated heterocycles. The number of halogens is 4. The Labute approximate surface area is 199 Å². The number of carbonyl (C=O) groups excluding carboxylic acids is 3. The van der Waals surface area contributed by atoms with Crippen molar-refractivity contribution in [1.29, 1.82) is 0 Å². The van der Waals surface area contributed by atoms with Gasteiger partial charge in [0.05, 0.1) is 11.5 Å². The van der Waals surface area contributed by atoms with Gasteiger partial charge in [-0.2, -0.15) is 0 Å². The number of amides is 3. The monoisotopic (exact) mass is 498 g/mol. The second-order valence-electron chi connectivity index (χ2n) is 8.47. The number of nitrogens with zero attached hydrogens (tertiary/aromatic N) is 2. The van der Waals surface area contributed by atoms with Crippen molar-refractivity contribution >= 4 is 40.9 Å². The predicted molar refractivity (Wildman–Crippen MR) is 118 cm³/mol. The van der Waals surface area contributed by atoms with Gasteiger partial charge in [-0.25, -0.2) is 18.7 Å². The lowest BCUT2D eigenvalue weighted by Gasteiger charge is -2.24. The summed E-state index contributed by atoms with van der Waals surface area (Å²) >= 11 is 12.8. The first-order chi connectivity index (χ1) is 15.3. The Morgan fingerprint density at radius 1 is 1.15 bits per heavy atom. The summed E-state index contributed by atoms with van der Waals surface area (Å²) in [6.07, 6.45) is 2.50. The molecule has 2 heterocycles. The molecule has 1 aliphatic heterocycles. The molecule has 1 aromatic carbocycles. The molecule has 1 unspecified atom stereocenters. The van der Waals surface area contributed by atoms with E-state index in [1.54, 1.807) is 26.0 Å². The SMILES string of the molecule is CC(F)(F)c1cnc(C(C)(C)C(=O)NCc2cc(Cl)c(C3CCC(=O)NC3=O)c(Cl)c2)nc1. The van der Waals surface area contributed by atoms with Crippen LogP contribution in [-0.4, -0.2) is 27.7 Å². The molecule has 0 aliphatic carbocycles. The number of rotatable bonds is 6. The first-order valence-electron chi connectivity index (χ1n) is 10.1. The van der Waals surface area contributed by atoms with Gasteiger partial charge in [0.1, 0.15) is 11.2 Å². The molecule has 1 fully saturated rings. The molecular weight excluding hydrogens is 477 g/mol. The van der Waals surface area contributed by atoms with Crippen LogP contribution in [0.25, 0.3) is 0 Å². The number of aromatic nitrogens is 2. The molecule has 176 valence electrons. The second kappa shape index (κ2) is 9.30. The van der Waals surface area contributed by atoms with Gasteiger partial charge in [-0.1, -0.05) is 23.2 Å². The van der Waals surface area contributed by atoms with E-state index in [4.69, 9.17) is 23.2 Å². The summed E-state index contributed by atoms with van der Waals surface area (Å²) in [5.74, 6) is -4.85. The van der Waals surface area contributed by atoms with Gasteiger partial charge in [0.25, 0.3) is 5.92 Å².